The zero-order valence-corrected chi connectivity index (χ0v) is 14.2. The summed E-state index contributed by atoms with van der Waals surface area (Å²) in [5.74, 6) is 0.948. The van der Waals surface area contributed by atoms with Gasteiger partial charge in [-0.2, -0.15) is 0 Å². The largest absolute Gasteiger partial charge is 0.378 e. The fourth-order valence-corrected chi connectivity index (χ4v) is 2.87. The number of benzene rings is 1. The summed E-state index contributed by atoms with van der Waals surface area (Å²) in [7, 11) is 0. The second-order valence-corrected chi connectivity index (χ2v) is 6.18. The zero-order valence-electron chi connectivity index (χ0n) is 11.1. The Labute approximate surface area is 137 Å². The minimum absolute atomic E-state index is 0.536. The van der Waals surface area contributed by atoms with Crippen LogP contribution >= 0.6 is 39.1 Å². The Hall–Kier alpha value is -0.710. The van der Waals surface area contributed by atoms with Crippen LogP contribution in [0.4, 0.5) is 5.69 Å². The molecule has 6 heteroatoms. The van der Waals surface area contributed by atoms with Crippen LogP contribution in [0.5, 0.6) is 0 Å². The predicted octanol–water partition coefficient (Wildman–Crippen LogP) is 5.43. The van der Waals surface area contributed by atoms with Crippen molar-refractivity contribution in [2.24, 2.45) is 0 Å². The Bertz CT molecular complexity index is 584. The van der Waals surface area contributed by atoms with E-state index in [1.165, 1.54) is 0 Å². The van der Waals surface area contributed by atoms with Crippen molar-refractivity contribution in [3.8, 4) is 0 Å². The topological polar surface area (TPSA) is 40.7 Å². The van der Waals surface area contributed by atoms with Crippen molar-refractivity contribution in [1.82, 2.24) is 9.97 Å². The molecule has 0 saturated carbocycles. The monoisotopic (exact) mass is 375 g/mol. The van der Waals surface area contributed by atoms with Crippen molar-refractivity contribution in [1.29, 1.82) is 0 Å². The van der Waals surface area contributed by atoms with Crippen LogP contribution in [-0.4, -0.2) is 9.97 Å². The third kappa shape index (κ3) is 4.14. The Balaban J connectivity index is 2.01. The average molecular weight is 377 g/mol. The standard InChI is InChI=1S/C14H16BrCl2N3/c1-2-3-4-13-19-12(14(17)20-13)8-18-11-6-5-9(16)7-10(11)15/h5-7,18H,2-4,8H2,1H3,(H,19,20). The van der Waals surface area contributed by atoms with Crippen LogP contribution in [0.2, 0.25) is 10.2 Å². The van der Waals surface area contributed by atoms with Gasteiger partial charge in [0.05, 0.1) is 12.2 Å². The molecule has 0 radical (unpaired) electrons. The number of H-pyrrole nitrogens is 1. The van der Waals surface area contributed by atoms with E-state index < -0.39 is 0 Å². The summed E-state index contributed by atoms with van der Waals surface area (Å²) in [6, 6.07) is 5.62. The molecule has 0 saturated heterocycles. The van der Waals surface area contributed by atoms with Gasteiger partial charge in [0, 0.05) is 21.6 Å². The van der Waals surface area contributed by atoms with Gasteiger partial charge in [-0.15, -0.1) is 0 Å². The third-order valence-corrected chi connectivity index (χ3v) is 4.14. The number of nitrogens with zero attached hydrogens (tertiary/aromatic N) is 1. The maximum absolute atomic E-state index is 6.14. The molecule has 0 spiro atoms. The molecule has 0 atom stereocenters. The molecule has 0 unspecified atom stereocenters. The highest BCUT2D eigenvalue weighted by atomic mass is 79.9. The number of aryl methyl sites for hydroxylation is 1. The maximum atomic E-state index is 6.14. The number of halogens is 3. The third-order valence-electron chi connectivity index (χ3n) is 2.93. The summed E-state index contributed by atoms with van der Waals surface area (Å²) in [6.45, 7) is 2.75. The first kappa shape index (κ1) is 15.7. The maximum Gasteiger partial charge on any atom is 0.152 e. The van der Waals surface area contributed by atoms with Gasteiger partial charge in [0.25, 0.3) is 0 Å². The van der Waals surface area contributed by atoms with Gasteiger partial charge in [-0.1, -0.05) is 36.5 Å². The predicted molar refractivity (Wildman–Crippen MR) is 88.7 cm³/mol. The molecule has 0 aliphatic carbocycles. The first-order valence-electron chi connectivity index (χ1n) is 6.52. The molecule has 20 heavy (non-hydrogen) atoms. The molecule has 1 heterocycles. The highest BCUT2D eigenvalue weighted by molar-refractivity contribution is 9.10. The molecule has 2 aromatic rings. The van der Waals surface area contributed by atoms with E-state index in [4.69, 9.17) is 23.2 Å². The van der Waals surface area contributed by atoms with Gasteiger partial charge in [0.15, 0.2) is 5.15 Å². The van der Waals surface area contributed by atoms with Crippen LogP contribution in [0, 0.1) is 0 Å². The van der Waals surface area contributed by atoms with Crippen LogP contribution < -0.4 is 5.32 Å². The fraction of sp³-hybridized carbons (Fsp3) is 0.357. The summed E-state index contributed by atoms with van der Waals surface area (Å²) in [4.78, 5) is 7.60. The molecular weight excluding hydrogens is 361 g/mol. The lowest BCUT2D eigenvalue weighted by Gasteiger charge is -2.07. The Morgan fingerprint density at radius 2 is 2.15 bits per heavy atom. The van der Waals surface area contributed by atoms with Gasteiger partial charge < -0.3 is 10.3 Å². The van der Waals surface area contributed by atoms with Gasteiger partial charge >= 0.3 is 0 Å². The van der Waals surface area contributed by atoms with E-state index in [0.717, 1.165) is 40.9 Å². The van der Waals surface area contributed by atoms with Gasteiger partial charge in [-0.05, 0) is 40.5 Å². The fourth-order valence-electron chi connectivity index (χ4n) is 1.84. The zero-order chi connectivity index (χ0) is 14.5. The summed E-state index contributed by atoms with van der Waals surface area (Å²) in [6.07, 6.45) is 3.18. The molecular formula is C14H16BrCl2N3. The minimum Gasteiger partial charge on any atom is -0.378 e. The second kappa shape index (κ2) is 7.34. The lowest BCUT2D eigenvalue weighted by Crippen LogP contribution is -2.01. The lowest BCUT2D eigenvalue weighted by atomic mass is 10.2. The van der Waals surface area contributed by atoms with Crippen molar-refractivity contribution in [2.45, 2.75) is 32.7 Å². The Morgan fingerprint density at radius 3 is 2.85 bits per heavy atom. The van der Waals surface area contributed by atoms with Gasteiger partial charge in [-0.3, -0.25) is 0 Å². The number of nitrogens with one attached hydrogen (secondary N) is 2. The van der Waals surface area contributed by atoms with E-state index in [1.807, 2.05) is 18.2 Å². The van der Waals surface area contributed by atoms with E-state index in [1.54, 1.807) is 0 Å². The lowest BCUT2D eigenvalue weighted by molar-refractivity contribution is 0.760. The van der Waals surface area contributed by atoms with E-state index in [9.17, 15) is 0 Å². The second-order valence-electron chi connectivity index (χ2n) is 4.53. The van der Waals surface area contributed by atoms with Crippen LogP contribution in [-0.2, 0) is 13.0 Å². The summed E-state index contributed by atoms with van der Waals surface area (Å²) < 4.78 is 0.923. The first-order chi connectivity index (χ1) is 9.60. The van der Waals surface area contributed by atoms with Crippen molar-refractivity contribution in [2.75, 3.05) is 5.32 Å². The highest BCUT2D eigenvalue weighted by Gasteiger charge is 2.08. The van der Waals surface area contributed by atoms with E-state index in [-0.39, 0.29) is 0 Å². The molecule has 0 fully saturated rings. The number of hydrogen-bond acceptors (Lipinski definition) is 2. The average Bonchev–Trinajstić information content (AvgIpc) is 2.76. The van der Waals surface area contributed by atoms with Crippen molar-refractivity contribution >= 4 is 44.8 Å². The summed E-state index contributed by atoms with van der Waals surface area (Å²) in [5.41, 5.74) is 1.87. The number of imidazole rings is 1. The molecule has 2 rings (SSSR count). The van der Waals surface area contributed by atoms with E-state index >= 15 is 0 Å². The number of aromatic nitrogens is 2. The number of rotatable bonds is 6. The molecule has 0 bridgehead atoms. The quantitative estimate of drug-likeness (QED) is 0.705. The Morgan fingerprint density at radius 1 is 1.35 bits per heavy atom. The van der Waals surface area contributed by atoms with Crippen LogP contribution in [0.25, 0.3) is 0 Å². The van der Waals surface area contributed by atoms with Gasteiger partial charge in [0.1, 0.15) is 5.82 Å². The summed E-state index contributed by atoms with van der Waals surface area (Å²) in [5, 5.41) is 4.54. The smallest absolute Gasteiger partial charge is 0.152 e. The number of unbranched alkanes of at least 4 members (excludes halogenated alkanes) is 1. The molecule has 2 N–H and O–H groups in total. The minimum atomic E-state index is 0.536. The molecule has 3 nitrogen and oxygen atoms in total. The molecule has 0 amide bonds. The summed E-state index contributed by atoms with van der Waals surface area (Å²) >= 11 is 15.5. The normalized spacial score (nSPS) is 10.8. The number of anilines is 1. The van der Waals surface area contributed by atoms with E-state index in [2.05, 4.69) is 38.1 Å². The van der Waals surface area contributed by atoms with Crippen molar-refractivity contribution in [3.63, 3.8) is 0 Å². The van der Waals surface area contributed by atoms with Crippen LogP contribution in [0.1, 0.15) is 31.3 Å². The molecule has 0 aliphatic rings. The Kier molecular flexibility index (Phi) is 5.75. The molecule has 1 aromatic carbocycles. The van der Waals surface area contributed by atoms with Gasteiger partial charge in [0.2, 0.25) is 0 Å². The highest BCUT2D eigenvalue weighted by Crippen LogP contribution is 2.26. The first-order valence-corrected chi connectivity index (χ1v) is 8.07. The molecule has 1 aromatic heterocycles. The van der Waals surface area contributed by atoms with Crippen molar-refractivity contribution in [3.05, 3.63) is 44.4 Å². The molecule has 0 aliphatic heterocycles. The van der Waals surface area contributed by atoms with Crippen LogP contribution in [0.15, 0.2) is 22.7 Å². The number of hydrogen-bond donors (Lipinski definition) is 2. The van der Waals surface area contributed by atoms with E-state index in [0.29, 0.717) is 16.7 Å². The number of aromatic amines is 1. The van der Waals surface area contributed by atoms with Gasteiger partial charge in [-0.25, -0.2) is 4.98 Å². The van der Waals surface area contributed by atoms with Crippen LogP contribution in [0.3, 0.4) is 0 Å². The SMILES string of the molecule is CCCCc1nc(Cl)c(CNc2ccc(Cl)cc2Br)[nH]1. The molecule has 108 valence electrons. The van der Waals surface area contributed by atoms with Crippen molar-refractivity contribution < 1.29 is 0 Å².